The maximum absolute atomic E-state index is 5.71. The molecule has 0 radical (unpaired) electrons. The van der Waals surface area contributed by atoms with Crippen LogP contribution < -0.4 is 9.47 Å². The van der Waals surface area contributed by atoms with Gasteiger partial charge in [-0.05, 0) is 48.2 Å². The van der Waals surface area contributed by atoms with Crippen molar-refractivity contribution < 1.29 is 9.47 Å². The van der Waals surface area contributed by atoms with Crippen LogP contribution in [0.5, 0.6) is 11.5 Å². The predicted octanol–water partition coefficient (Wildman–Crippen LogP) is 5.02. The Kier molecular flexibility index (Phi) is 7.66. The van der Waals surface area contributed by atoms with Crippen LogP contribution in [0.1, 0.15) is 19.4 Å². The van der Waals surface area contributed by atoms with Crippen molar-refractivity contribution in [3.8, 4) is 11.5 Å². The molecule has 0 fully saturated rings. The van der Waals surface area contributed by atoms with Gasteiger partial charge in [-0.3, -0.25) is 0 Å². The van der Waals surface area contributed by atoms with Crippen molar-refractivity contribution in [1.29, 1.82) is 0 Å². The maximum Gasteiger partial charge on any atom is 0.119 e. The molecule has 108 valence electrons. The van der Waals surface area contributed by atoms with Gasteiger partial charge in [0.05, 0.1) is 7.11 Å². The largest absolute Gasteiger partial charge is 0.497 e. The Morgan fingerprint density at radius 2 is 1.40 bits per heavy atom. The second-order valence-corrected chi connectivity index (χ2v) is 4.69. The van der Waals surface area contributed by atoms with E-state index in [1.165, 1.54) is 4.90 Å². The lowest BCUT2D eigenvalue weighted by molar-refractivity contribution is 0.306. The second kappa shape index (κ2) is 9.32. The Hall–Kier alpha value is -1.61. The van der Waals surface area contributed by atoms with Gasteiger partial charge in [0, 0.05) is 4.90 Å². The van der Waals surface area contributed by atoms with Gasteiger partial charge in [-0.25, -0.2) is 0 Å². The monoisotopic (exact) mass is 290 g/mol. The average Bonchev–Trinajstić information content (AvgIpc) is 2.55. The van der Waals surface area contributed by atoms with Crippen LogP contribution in [-0.4, -0.2) is 13.4 Å². The number of ether oxygens (including phenoxy) is 2. The molecular formula is C17H22O2S. The lowest BCUT2D eigenvalue weighted by atomic mass is 10.2. The summed E-state index contributed by atoms with van der Waals surface area (Å²) in [5.41, 5.74) is 1.13. The number of benzene rings is 2. The fraction of sp³-hybridized carbons (Fsp3) is 0.294. The van der Waals surface area contributed by atoms with Gasteiger partial charge in [0.25, 0.3) is 0 Å². The minimum Gasteiger partial charge on any atom is -0.497 e. The van der Waals surface area contributed by atoms with Crippen LogP contribution in [0, 0.1) is 0 Å². The molecule has 2 nitrogen and oxygen atoms in total. The molecule has 0 atom stereocenters. The minimum absolute atomic E-state index is 0.572. The van der Waals surface area contributed by atoms with Crippen molar-refractivity contribution in [1.82, 2.24) is 0 Å². The number of methoxy groups -OCH3 is 1. The predicted molar refractivity (Wildman–Crippen MR) is 86.9 cm³/mol. The van der Waals surface area contributed by atoms with E-state index in [4.69, 9.17) is 9.47 Å². The van der Waals surface area contributed by atoms with Crippen LogP contribution in [0.25, 0.3) is 0 Å². The van der Waals surface area contributed by atoms with E-state index < -0.39 is 0 Å². The van der Waals surface area contributed by atoms with Gasteiger partial charge in [0.15, 0.2) is 0 Å². The molecule has 0 unspecified atom stereocenters. The molecule has 3 heteroatoms. The third-order valence-electron chi connectivity index (χ3n) is 2.62. The van der Waals surface area contributed by atoms with Gasteiger partial charge in [-0.15, -0.1) is 11.8 Å². The minimum atomic E-state index is 0.572. The highest BCUT2D eigenvalue weighted by atomic mass is 32.2. The van der Waals surface area contributed by atoms with Crippen molar-refractivity contribution in [3.05, 3.63) is 54.1 Å². The lowest BCUT2D eigenvalue weighted by Crippen LogP contribution is -1.95. The van der Waals surface area contributed by atoms with Crippen LogP contribution in [0.3, 0.4) is 0 Å². The smallest absolute Gasteiger partial charge is 0.119 e. The third kappa shape index (κ3) is 5.17. The van der Waals surface area contributed by atoms with Crippen molar-refractivity contribution in [2.75, 3.05) is 13.4 Å². The Labute approximate surface area is 126 Å². The summed E-state index contributed by atoms with van der Waals surface area (Å²) in [6.07, 6.45) is 2.06. The first-order valence-electron chi connectivity index (χ1n) is 6.71. The highest BCUT2D eigenvalue weighted by molar-refractivity contribution is 7.98. The molecule has 2 aromatic carbocycles. The summed E-state index contributed by atoms with van der Waals surface area (Å²) in [6.45, 7) is 4.57. The second-order valence-electron chi connectivity index (χ2n) is 3.81. The van der Waals surface area contributed by atoms with E-state index in [-0.39, 0.29) is 0 Å². The van der Waals surface area contributed by atoms with Crippen LogP contribution in [0.4, 0.5) is 0 Å². The third-order valence-corrected chi connectivity index (χ3v) is 3.37. The topological polar surface area (TPSA) is 18.5 Å². The molecule has 0 N–H and O–H groups in total. The van der Waals surface area contributed by atoms with E-state index >= 15 is 0 Å². The van der Waals surface area contributed by atoms with Gasteiger partial charge in [-0.1, -0.05) is 26.0 Å². The van der Waals surface area contributed by atoms with E-state index in [2.05, 4.69) is 18.4 Å². The molecule has 0 saturated carbocycles. The van der Waals surface area contributed by atoms with E-state index in [1.54, 1.807) is 18.9 Å². The fourth-order valence-corrected chi connectivity index (χ4v) is 1.97. The SMILES string of the molecule is CC.COc1ccc(COc2ccc(SC)cc2)cc1. The van der Waals surface area contributed by atoms with Crippen molar-refractivity contribution in [3.63, 3.8) is 0 Å². The molecule has 0 heterocycles. The van der Waals surface area contributed by atoms with E-state index in [0.29, 0.717) is 6.61 Å². The first-order chi connectivity index (χ1) is 9.81. The Balaban J connectivity index is 0.000000956. The number of thioether (sulfide) groups is 1. The molecule has 0 aromatic heterocycles. The van der Waals surface area contributed by atoms with Crippen LogP contribution in [-0.2, 0) is 6.61 Å². The zero-order valence-corrected chi connectivity index (χ0v) is 13.4. The van der Waals surface area contributed by atoms with Gasteiger partial charge in [-0.2, -0.15) is 0 Å². The number of rotatable bonds is 5. The van der Waals surface area contributed by atoms with Gasteiger partial charge < -0.3 is 9.47 Å². The summed E-state index contributed by atoms with van der Waals surface area (Å²) in [5, 5.41) is 0. The van der Waals surface area contributed by atoms with E-state index in [1.807, 2.05) is 50.2 Å². The van der Waals surface area contributed by atoms with Gasteiger partial charge >= 0.3 is 0 Å². The lowest BCUT2D eigenvalue weighted by Gasteiger charge is -2.07. The first-order valence-corrected chi connectivity index (χ1v) is 7.94. The molecule has 2 rings (SSSR count). The molecule has 0 spiro atoms. The summed E-state index contributed by atoms with van der Waals surface area (Å²) < 4.78 is 10.8. The molecule has 0 saturated heterocycles. The normalized spacial score (nSPS) is 9.40. The van der Waals surface area contributed by atoms with Crippen molar-refractivity contribution >= 4 is 11.8 Å². The molecule has 0 amide bonds. The Morgan fingerprint density at radius 1 is 0.850 bits per heavy atom. The highest BCUT2D eigenvalue weighted by Crippen LogP contribution is 2.20. The zero-order valence-electron chi connectivity index (χ0n) is 12.6. The molecule has 0 bridgehead atoms. The van der Waals surface area contributed by atoms with E-state index in [0.717, 1.165) is 17.1 Å². The van der Waals surface area contributed by atoms with Gasteiger partial charge in [0.2, 0.25) is 0 Å². The molecule has 0 aliphatic carbocycles. The molecule has 0 aliphatic heterocycles. The fourth-order valence-electron chi connectivity index (χ4n) is 1.56. The summed E-state index contributed by atoms with van der Waals surface area (Å²) in [4.78, 5) is 1.24. The molecule has 20 heavy (non-hydrogen) atoms. The van der Waals surface area contributed by atoms with Crippen LogP contribution in [0.2, 0.25) is 0 Å². The first kappa shape index (κ1) is 16.4. The number of hydrogen-bond donors (Lipinski definition) is 0. The Bertz CT molecular complexity index is 430. The zero-order chi connectivity index (χ0) is 14.8. The highest BCUT2D eigenvalue weighted by Gasteiger charge is 1.97. The molecule has 2 aromatic rings. The quantitative estimate of drug-likeness (QED) is 0.720. The molecule has 0 aliphatic rings. The standard InChI is InChI=1S/C15H16O2S.C2H6/c1-16-13-5-3-12(4-6-13)11-17-14-7-9-15(18-2)10-8-14;1-2/h3-10H,11H2,1-2H3;1-2H3. The summed E-state index contributed by atoms with van der Waals surface area (Å²) >= 11 is 1.73. The van der Waals surface area contributed by atoms with Crippen LogP contribution >= 0.6 is 11.8 Å². The van der Waals surface area contributed by atoms with E-state index in [9.17, 15) is 0 Å². The molecular weight excluding hydrogens is 268 g/mol. The van der Waals surface area contributed by atoms with Gasteiger partial charge in [0.1, 0.15) is 18.1 Å². The summed E-state index contributed by atoms with van der Waals surface area (Å²) in [6, 6.07) is 16.0. The van der Waals surface area contributed by atoms with Crippen molar-refractivity contribution in [2.45, 2.75) is 25.3 Å². The van der Waals surface area contributed by atoms with Crippen molar-refractivity contribution in [2.24, 2.45) is 0 Å². The van der Waals surface area contributed by atoms with Crippen LogP contribution in [0.15, 0.2) is 53.4 Å². The average molecular weight is 290 g/mol. The maximum atomic E-state index is 5.71. The number of hydrogen-bond acceptors (Lipinski definition) is 3. The Morgan fingerprint density at radius 3 is 1.90 bits per heavy atom. The summed E-state index contributed by atoms with van der Waals surface area (Å²) in [5.74, 6) is 1.76. The summed E-state index contributed by atoms with van der Waals surface area (Å²) in [7, 11) is 1.67.